The predicted molar refractivity (Wildman–Crippen MR) is 93.6 cm³/mol. The van der Waals surface area contributed by atoms with E-state index >= 15 is 0 Å². The van der Waals surface area contributed by atoms with Crippen LogP contribution >= 0.6 is 0 Å². The molecule has 0 saturated carbocycles. The Hall–Kier alpha value is -2.94. The molecule has 3 aromatic rings. The highest BCUT2D eigenvalue weighted by atomic mass is 16.5. The van der Waals surface area contributed by atoms with Crippen molar-refractivity contribution in [3.63, 3.8) is 0 Å². The second kappa shape index (κ2) is 5.60. The van der Waals surface area contributed by atoms with Gasteiger partial charge in [0.25, 0.3) is 0 Å². The first-order valence-corrected chi connectivity index (χ1v) is 8.00. The molecule has 0 spiro atoms. The molecule has 0 fully saturated rings. The summed E-state index contributed by atoms with van der Waals surface area (Å²) in [6.45, 7) is 3.85. The van der Waals surface area contributed by atoms with Crippen LogP contribution in [0.5, 0.6) is 0 Å². The van der Waals surface area contributed by atoms with Crippen molar-refractivity contribution in [2.75, 3.05) is 0 Å². The Labute approximate surface area is 140 Å². The van der Waals surface area contributed by atoms with E-state index in [1.807, 2.05) is 44.2 Å². The van der Waals surface area contributed by atoms with Crippen LogP contribution < -0.4 is 0 Å². The predicted octanol–water partition coefficient (Wildman–Crippen LogP) is 4.52. The smallest absolute Gasteiger partial charge is 0.160 e. The molecular formula is C21H17NO2. The van der Waals surface area contributed by atoms with Crippen LogP contribution in [0.2, 0.25) is 0 Å². The number of aryl methyl sites for hydroxylation is 2. The summed E-state index contributed by atoms with van der Waals surface area (Å²) >= 11 is 0. The Morgan fingerprint density at radius 2 is 1.79 bits per heavy atom. The zero-order chi connectivity index (χ0) is 16.7. The van der Waals surface area contributed by atoms with Crippen molar-refractivity contribution in [3.05, 3.63) is 82.8 Å². The molecule has 0 amide bonds. The molecule has 1 aromatic heterocycles. The van der Waals surface area contributed by atoms with Gasteiger partial charge in [-0.1, -0.05) is 47.6 Å². The van der Waals surface area contributed by atoms with Crippen LogP contribution in [0.15, 0.2) is 59.1 Å². The van der Waals surface area contributed by atoms with Gasteiger partial charge in [-0.05, 0) is 53.8 Å². The molecule has 0 bridgehead atoms. The first-order valence-electron chi connectivity index (χ1n) is 8.00. The highest BCUT2D eigenvalue weighted by Gasteiger charge is 2.20. The van der Waals surface area contributed by atoms with Crippen LogP contribution in [-0.2, 0) is 11.2 Å². The van der Waals surface area contributed by atoms with Crippen LogP contribution in [0.4, 0.5) is 0 Å². The molecule has 0 N–H and O–H groups in total. The SMILES string of the molecule is Cc1noc(C)c1-c1ccc2c(c1)CC(=O)C=C2c1ccccc1. The van der Waals surface area contributed by atoms with E-state index in [-0.39, 0.29) is 5.78 Å². The lowest BCUT2D eigenvalue weighted by atomic mass is 9.84. The first kappa shape index (κ1) is 14.6. The van der Waals surface area contributed by atoms with Gasteiger partial charge >= 0.3 is 0 Å². The van der Waals surface area contributed by atoms with E-state index in [9.17, 15) is 4.79 Å². The zero-order valence-corrected chi connectivity index (χ0v) is 13.7. The van der Waals surface area contributed by atoms with Gasteiger partial charge in [0.15, 0.2) is 5.78 Å². The minimum absolute atomic E-state index is 0.136. The fourth-order valence-corrected chi connectivity index (χ4v) is 3.39. The van der Waals surface area contributed by atoms with Gasteiger partial charge < -0.3 is 4.52 Å². The Balaban J connectivity index is 1.85. The molecule has 1 aliphatic rings. The maximum Gasteiger partial charge on any atom is 0.160 e. The molecule has 24 heavy (non-hydrogen) atoms. The fraction of sp³-hybridized carbons (Fsp3) is 0.143. The molecule has 118 valence electrons. The van der Waals surface area contributed by atoms with Crippen molar-refractivity contribution in [1.82, 2.24) is 5.16 Å². The Morgan fingerprint density at radius 3 is 2.50 bits per heavy atom. The number of benzene rings is 2. The molecule has 2 aromatic carbocycles. The third kappa shape index (κ3) is 2.38. The van der Waals surface area contributed by atoms with Crippen molar-refractivity contribution < 1.29 is 9.32 Å². The summed E-state index contributed by atoms with van der Waals surface area (Å²) in [5.41, 5.74) is 7.17. The zero-order valence-electron chi connectivity index (χ0n) is 13.7. The molecule has 1 heterocycles. The van der Waals surface area contributed by atoms with E-state index in [0.29, 0.717) is 6.42 Å². The molecule has 4 rings (SSSR count). The van der Waals surface area contributed by atoms with E-state index in [0.717, 1.165) is 44.8 Å². The van der Waals surface area contributed by atoms with E-state index in [1.54, 1.807) is 6.08 Å². The number of allylic oxidation sites excluding steroid dienone is 1. The van der Waals surface area contributed by atoms with E-state index in [1.165, 1.54) is 0 Å². The minimum atomic E-state index is 0.136. The third-order valence-electron chi connectivity index (χ3n) is 4.47. The lowest BCUT2D eigenvalue weighted by Gasteiger charge is -2.18. The van der Waals surface area contributed by atoms with Gasteiger partial charge in [0.1, 0.15) is 5.76 Å². The molecule has 0 aliphatic heterocycles. The monoisotopic (exact) mass is 315 g/mol. The van der Waals surface area contributed by atoms with Crippen molar-refractivity contribution in [3.8, 4) is 11.1 Å². The fourth-order valence-electron chi connectivity index (χ4n) is 3.39. The highest BCUT2D eigenvalue weighted by Crippen LogP contribution is 2.35. The number of hydrogen-bond acceptors (Lipinski definition) is 3. The van der Waals surface area contributed by atoms with Gasteiger partial charge in [-0.25, -0.2) is 0 Å². The first-order chi connectivity index (χ1) is 11.6. The van der Waals surface area contributed by atoms with Crippen LogP contribution in [0.1, 0.15) is 28.1 Å². The number of fused-ring (bicyclic) bond motifs is 1. The number of aromatic nitrogens is 1. The van der Waals surface area contributed by atoms with Crippen LogP contribution in [0.25, 0.3) is 16.7 Å². The van der Waals surface area contributed by atoms with Gasteiger partial charge in [-0.15, -0.1) is 0 Å². The minimum Gasteiger partial charge on any atom is -0.361 e. The maximum atomic E-state index is 12.2. The summed E-state index contributed by atoms with van der Waals surface area (Å²) in [7, 11) is 0. The normalized spacial score (nSPS) is 13.6. The van der Waals surface area contributed by atoms with E-state index in [4.69, 9.17) is 4.52 Å². The number of rotatable bonds is 2. The van der Waals surface area contributed by atoms with Gasteiger partial charge in [-0.3, -0.25) is 4.79 Å². The lowest BCUT2D eigenvalue weighted by Crippen LogP contribution is -2.10. The second-order valence-electron chi connectivity index (χ2n) is 6.14. The van der Waals surface area contributed by atoms with Crippen LogP contribution in [0, 0.1) is 13.8 Å². The average molecular weight is 315 g/mol. The highest BCUT2D eigenvalue weighted by molar-refractivity contribution is 6.05. The lowest BCUT2D eigenvalue weighted by molar-refractivity contribution is -0.114. The molecule has 0 saturated heterocycles. The van der Waals surface area contributed by atoms with E-state index < -0.39 is 0 Å². The van der Waals surface area contributed by atoms with Crippen molar-refractivity contribution >= 4 is 11.4 Å². The summed E-state index contributed by atoms with van der Waals surface area (Å²) in [6.07, 6.45) is 2.19. The molecule has 0 radical (unpaired) electrons. The summed E-state index contributed by atoms with van der Waals surface area (Å²) in [5, 5.41) is 4.03. The molecular weight excluding hydrogens is 298 g/mol. The quantitative estimate of drug-likeness (QED) is 0.698. The van der Waals surface area contributed by atoms with Gasteiger partial charge in [0, 0.05) is 12.0 Å². The molecule has 0 unspecified atom stereocenters. The average Bonchev–Trinajstić information content (AvgIpc) is 2.93. The summed E-state index contributed by atoms with van der Waals surface area (Å²) < 4.78 is 5.28. The number of carbonyl (C=O) groups excluding carboxylic acids is 1. The second-order valence-corrected chi connectivity index (χ2v) is 6.14. The number of ketones is 1. The van der Waals surface area contributed by atoms with Crippen LogP contribution in [0.3, 0.4) is 0 Å². The van der Waals surface area contributed by atoms with Crippen molar-refractivity contribution in [2.45, 2.75) is 20.3 Å². The van der Waals surface area contributed by atoms with Gasteiger partial charge in [0.2, 0.25) is 0 Å². The standard InChI is InChI=1S/C21H17NO2/c1-13-21(14(2)24-22-13)16-8-9-19-17(10-16)11-18(23)12-20(19)15-6-4-3-5-7-15/h3-10,12H,11H2,1-2H3. The topological polar surface area (TPSA) is 43.1 Å². The Morgan fingerprint density at radius 1 is 1.00 bits per heavy atom. The molecule has 0 atom stereocenters. The summed E-state index contributed by atoms with van der Waals surface area (Å²) in [4.78, 5) is 12.2. The van der Waals surface area contributed by atoms with Gasteiger partial charge in [0.05, 0.1) is 5.69 Å². The van der Waals surface area contributed by atoms with Crippen LogP contribution in [-0.4, -0.2) is 10.9 Å². The summed E-state index contributed by atoms with van der Waals surface area (Å²) in [5.74, 6) is 0.936. The Bertz CT molecular complexity index is 945. The summed E-state index contributed by atoms with van der Waals surface area (Å²) in [6, 6.07) is 16.3. The number of hydrogen-bond donors (Lipinski definition) is 0. The maximum absolute atomic E-state index is 12.2. The third-order valence-corrected chi connectivity index (χ3v) is 4.47. The number of carbonyl (C=O) groups is 1. The molecule has 1 aliphatic carbocycles. The Kier molecular flexibility index (Phi) is 3.42. The number of nitrogens with zero attached hydrogens (tertiary/aromatic N) is 1. The largest absolute Gasteiger partial charge is 0.361 e. The van der Waals surface area contributed by atoms with Crippen molar-refractivity contribution in [2.24, 2.45) is 0 Å². The van der Waals surface area contributed by atoms with Crippen molar-refractivity contribution in [1.29, 1.82) is 0 Å². The molecule has 3 heteroatoms. The van der Waals surface area contributed by atoms with E-state index in [2.05, 4.69) is 23.4 Å². The van der Waals surface area contributed by atoms with Gasteiger partial charge in [-0.2, -0.15) is 0 Å². The molecule has 3 nitrogen and oxygen atoms in total.